The van der Waals surface area contributed by atoms with E-state index in [4.69, 9.17) is 16.3 Å². The first kappa shape index (κ1) is 18.2. The third-order valence-electron chi connectivity index (χ3n) is 3.77. The summed E-state index contributed by atoms with van der Waals surface area (Å²) in [6.07, 6.45) is 2.12. The van der Waals surface area contributed by atoms with Gasteiger partial charge in [0.1, 0.15) is 0 Å². The van der Waals surface area contributed by atoms with Gasteiger partial charge in [-0.15, -0.1) is 12.4 Å². The fourth-order valence-electron chi connectivity index (χ4n) is 2.70. The molecule has 118 valence electrons. The number of carbonyl (C=O) groups is 1. The Kier molecular flexibility index (Phi) is 6.94. The van der Waals surface area contributed by atoms with Crippen LogP contribution in [0.4, 0.5) is 0 Å². The van der Waals surface area contributed by atoms with Gasteiger partial charge in [0.25, 0.3) is 5.91 Å². The van der Waals surface area contributed by atoms with Crippen molar-refractivity contribution in [3.63, 3.8) is 0 Å². The number of amides is 1. The Morgan fingerprint density at radius 1 is 1.52 bits per heavy atom. The van der Waals surface area contributed by atoms with E-state index >= 15 is 0 Å². The van der Waals surface area contributed by atoms with Crippen LogP contribution in [0.5, 0.6) is 0 Å². The second-order valence-corrected chi connectivity index (χ2v) is 5.82. The minimum atomic E-state index is -0.134. The molecule has 1 unspecified atom stereocenters. The molecule has 1 aromatic rings. The predicted octanol–water partition coefficient (Wildman–Crippen LogP) is 2.57. The van der Waals surface area contributed by atoms with E-state index in [2.05, 4.69) is 10.6 Å². The van der Waals surface area contributed by atoms with E-state index in [1.54, 1.807) is 25.3 Å². The number of methoxy groups -OCH3 is 1. The molecule has 0 saturated carbocycles. The Bertz CT molecular complexity index is 489. The summed E-state index contributed by atoms with van der Waals surface area (Å²) in [6.45, 7) is 4.04. The van der Waals surface area contributed by atoms with Gasteiger partial charge in [0.15, 0.2) is 0 Å². The van der Waals surface area contributed by atoms with Gasteiger partial charge in [-0.3, -0.25) is 4.79 Å². The van der Waals surface area contributed by atoms with E-state index in [1.165, 1.54) is 0 Å². The largest absolute Gasteiger partial charge is 0.383 e. The first-order chi connectivity index (χ1) is 9.56. The summed E-state index contributed by atoms with van der Waals surface area (Å²) in [5.74, 6) is -0.0663. The maximum atomic E-state index is 12.3. The number of ether oxygens (including phenoxy) is 1. The molecule has 2 rings (SSSR count). The summed E-state index contributed by atoms with van der Waals surface area (Å²) < 4.78 is 5.28. The van der Waals surface area contributed by atoms with Crippen LogP contribution < -0.4 is 10.6 Å². The highest BCUT2D eigenvalue weighted by atomic mass is 35.5. The van der Waals surface area contributed by atoms with E-state index in [9.17, 15) is 4.79 Å². The minimum Gasteiger partial charge on any atom is -0.383 e. The Hall–Kier alpha value is -0.810. The van der Waals surface area contributed by atoms with Crippen molar-refractivity contribution in [3.05, 3.63) is 34.3 Å². The van der Waals surface area contributed by atoms with Crippen LogP contribution in [-0.4, -0.2) is 38.3 Å². The maximum Gasteiger partial charge on any atom is 0.251 e. The fraction of sp³-hybridized carbons (Fsp3) is 0.533. The molecule has 0 spiro atoms. The number of hydrogen-bond acceptors (Lipinski definition) is 3. The molecule has 1 aliphatic rings. The molecule has 0 radical (unpaired) electrons. The van der Waals surface area contributed by atoms with Crippen molar-refractivity contribution >= 4 is 29.9 Å². The highest BCUT2D eigenvalue weighted by Crippen LogP contribution is 2.20. The molecule has 21 heavy (non-hydrogen) atoms. The second-order valence-electron chi connectivity index (χ2n) is 5.39. The Morgan fingerprint density at radius 3 is 2.86 bits per heavy atom. The molecule has 1 amide bonds. The SMILES string of the molecule is COCC1(CNC(=O)c2ccc(Cl)cc2C)CCCN1.Cl. The van der Waals surface area contributed by atoms with Crippen LogP contribution in [-0.2, 0) is 4.74 Å². The van der Waals surface area contributed by atoms with Crippen molar-refractivity contribution in [1.29, 1.82) is 0 Å². The molecule has 2 N–H and O–H groups in total. The lowest BCUT2D eigenvalue weighted by atomic mass is 9.98. The lowest BCUT2D eigenvalue weighted by molar-refractivity contribution is 0.0891. The first-order valence-corrected chi connectivity index (χ1v) is 7.22. The van der Waals surface area contributed by atoms with Crippen LogP contribution in [0.15, 0.2) is 18.2 Å². The smallest absolute Gasteiger partial charge is 0.251 e. The average molecular weight is 333 g/mol. The van der Waals surface area contributed by atoms with Gasteiger partial charge in [-0.2, -0.15) is 0 Å². The van der Waals surface area contributed by atoms with E-state index in [0.29, 0.717) is 23.7 Å². The number of aryl methyl sites for hydroxylation is 1. The van der Waals surface area contributed by atoms with Crippen LogP contribution in [0.3, 0.4) is 0 Å². The highest BCUT2D eigenvalue weighted by molar-refractivity contribution is 6.30. The van der Waals surface area contributed by atoms with Crippen LogP contribution in [0.2, 0.25) is 5.02 Å². The van der Waals surface area contributed by atoms with E-state index < -0.39 is 0 Å². The predicted molar refractivity (Wildman–Crippen MR) is 87.6 cm³/mol. The van der Waals surface area contributed by atoms with Gasteiger partial charge in [0.2, 0.25) is 0 Å². The maximum absolute atomic E-state index is 12.3. The van der Waals surface area contributed by atoms with Crippen molar-refractivity contribution in [2.75, 3.05) is 26.8 Å². The Balaban J connectivity index is 0.00000220. The van der Waals surface area contributed by atoms with Crippen molar-refractivity contribution in [1.82, 2.24) is 10.6 Å². The summed E-state index contributed by atoms with van der Waals surface area (Å²) in [7, 11) is 1.69. The van der Waals surface area contributed by atoms with Gasteiger partial charge < -0.3 is 15.4 Å². The van der Waals surface area contributed by atoms with E-state index in [1.807, 2.05) is 6.92 Å². The third kappa shape index (κ3) is 4.58. The molecule has 1 atom stereocenters. The zero-order valence-corrected chi connectivity index (χ0v) is 13.9. The topological polar surface area (TPSA) is 50.4 Å². The highest BCUT2D eigenvalue weighted by Gasteiger charge is 2.33. The summed E-state index contributed by atoms with van der Waals surface area (Å²) >= 11 is 5.91. The summed E-state index contributed by atoms with van der Waals surface area (Å²) in [5.41, 5.74) is 1.42. The van der Waals surface area contributed by atoms with Gasteiger partial charge >= 0.3 is 0 Å². The van der Waals surface area contributed by atoms with Crippen LogP contribution in [0.1, 0.15) is 28.8 Å². The van der Waals surface area contributed by atoms with Crippen molar-refractivity contribution in [3.8, 4) is 0 Å². The molecule has 1 heterocycles. The quantitative estimate of drug-likeness (QED) is 0.871. The van der Waals surface area contributed by atoms with Crippen molar-refractivity contribution in [2.24, 2.45) is 0 Å². The lowest BCUT2D eigenvalue weighted by Crippen LogP contribution is -2.53. The molecule has 0 aliphatic carbocycles. The molecule has 1 saturated heterocycles. The lowest BCUT2D eigenvalue weighted by Gasteiger charge is -2.29. The zero-order valence-electron chi connectivity index (χ0n) is 12.4. The summed E-state index contributed by atoms with van der Waals surface area (Å²) in [6, 6.07) is 5.30. The number of benzene rings is 1. The van der Waals surface area contributed by atoms with Crippen LogP contribution in [0, 0.1) is 6.92 Å². The van der Waals surface area contributed by atoms with Gasteiger partial charge in [0.05, 0.1) is 12.1 Å². The summed E-state index contributed by atoms with van der Waals surface area (Å²) in [5, 5.41) is 7.09. The molecule has 0 aromatic heterocycles. The Labute approximate surface area is 137 Å². The summed E-state index contributed by atoms with van der Waals surface area (Å²) in [4.78, 5) is 12.3. The van der Waals surface area contributed by atoms with Gasteiger partial charge in [-0.05, 0) is 50.1 Å². The molecule has 1 aromatic carbocycles. The number of hydrogen-bond donors (Lipinski definition) is 2. The minimum absolute atomic E-state index is 0. The first-order valence-electron chi connectivity index (χ1n) is 6.85. The molecule has 0 bridgehead atoms. The molecular formula is C15H22Cl2N2O2. The molecule has 1 fully saturated rings. The molecule has 1 aliphatic heterocycles. The number of rotatable bonds is 5. The van der Waals surface area contributed by atoms with Gasteiger partial charge in [-0.25, -0.2) is 0 Å². The number of carbonyl (C=O) groups excluding carboxylic acids is 1. The fourth-order valence-corrected chi connectivity index (χ4v) is 2.92. The van der Waals surface area contributed by atoms with E-state index in [-0.39, 0.29) is 23.9 Å². The normalized spacial score (nSPS) is 20.9. The van der Waals surface area contributed by atoms with Crippen LogP contribution >= 0.6 is 24.0 Å². The number of halogens is 2. The van der Waals surface area contributed by atoms with E-state index in [0.717, 1.165) is 24.9 Å². The third-order valence-corrected chi connectivity index (χ3v) is 4.01. The zero-order chi connectivity index (χ0) is 14.6. The monoisotopic (exact) mass is 332 g/mol. The second kappa shape index (κ2) is 7.99. The number of nitrogens with one attached hydrogen (secondary N) is 2. The van der Waals surface area contributed by atoms with Gasteiger partial charge in [-0.1, -0.05) is 11.6 Å². The Morgan fingerprint density at radius 2 is 2.29 bits per heavy atom. The standard InChI is InChI=1S/C15H21ClN2O2.ClH/c1-11-8-12(16)4-5-13(11)14(19)17-9-15(10-20-2)6-3-7-18-15;/h4-5,8,18H,3,6-7,9-10H2,1-2H3,(H,17,19);1H. The van der Waals surface area contributed by atoms with Crippen molar-refractivity contribution < 1.29 is 9.53 Å². The van der Waals surface area contributed by atoms with Gasteiger partial charge in [0, 0.05) is 24.2 Å². The molecule has 6 heteroatoms. The van der Waals surface area contributed by atoms with Crippen molar-refractivity contribution in [2.45, 2.75) is 25.3 Å². The average Bonchev–Trinajstić information content (AvgIpc) is 2.85. The molecule has 4 nitrogen and oxygen atoms in total. The van der Waals surface area contributed by atoms with Crippen LogP contribution in [0.25, 0.3) is 0 Å². The molecular weight excluding hydrogens is 311 g/mol.